The second-order valence-corrected chi connectivity index (χ2v) is 8.78. The zero-order valence-electron chi connectivity index (χ0n) is 14.4. The molecule has 0 spiro atoms. The Kier molecular flexibility index (Phi) is 7.68. The molecule has 5 nitrogen and oxygen atoms in total. The summed E-state index contributed by atoms with van der Waals surface area (Å²) in [5, 5.41) is 0. The first-order valence-electron chi connectivity index (χ1n) is 8.55. The van der Waals surface area contributed by atoms with Crippen LogP contribution in [-0.4, -0.2) is 52.2 Å². The van der Waals surface area contributed by atoms with Crippen molar-refractivity contribution in [2.75, 3.05) is 32.8 Å². The van der Waals surface area contributed by atoms with Gasteiger partial charge in [-0.25, -0.2) is 13.1 Å². The van der Waals surface area contributed by atoms with Gasteiger partial charge in [-0.05, 0) is 24.1 Å². The Bertz CT molecular complexity index is 614. The Balaban J connectivity index is 2.11. The number of nitrogens with zero attached hydrogens (tertiary/aromatic N) is 1. The molecule has 1 saturated heterocycles. The van der Waals surface area contributed by atoms with Crippen LogP contribution in [0.1, 0.15) is 26.7 Å². The number of sulfonamides is 1. The first-order valence-corrected chi connectivity index (χ1v) is 10.8. The molecule has 1 aliphatic rings. The molecule has 0 aliphatic carbocycles. The fourth-order valence-corrected chi connectivity index (χ4v) is 4.90. The Morgan fingerprint density at radius 3 is 2.50 bits per heavy atom. The molecule has 136 valence electrons. The maximum atomic E-state index is 12.6. The van der Waals surface area contributed by atoms with Crippen LogP contribution < -0.4 is 4.72 Å². The van der Waals surface area contributed by atoms with Gasteiger partial charge >= 0.3 is 0 Å². The van der Waals surface area contributed by atoms with Crippen molar-refractivity contribution in [2.24, 2.45) is 5.92 Å². The molecule has 24 heavy (non-hydrogen) atoms. The van der Waals surface area contributed by atoms with E-state index in [0.29, 0.717) is 17.4 Å². The number of rotatable bonds is 8. The average molecular weight is 419 g/mol. The third kappa shape index (κ3) is 5.26. The number of halogens is 1. The molecule has 1 heterocycles. The highest BCUT2D eigenvalue weighted by Crippen LogP contribution is 2.21. The number of ether oxygens (including phenoxy) is 1. The van der Waals surface area contributed by atoms with Gasteiger partial charge in [-0.1, -0.05) is 48.7 Å². The summed E-state index contributed by atoms with van der Waals surface area (Å²) in [4.78, 5) is 2.66. The van der Waals surface area contributed by atoms with Gasteiger partial charge in [0.05, 0.1) is 18.1 Å². The summed E-state index contributed by atoms with van der Waals surface area (Å²) in [7, 11) is -3.50. The van der Waals surface area contributed by atoms with E-state index < -0.39 is 10.0 Å². The van der Waals surface area contributed by atoms with Gasteiger partial charge < -0.3 is 4.74 Å². The Hall–Kier alpha value is -0.470. The SMILES string of the molecule is CCC(CC)C(CNS(=O)(=O)c1cccc(Br)c1)N1CCOCC1. The normalized spacial score (nSPS) is 18.0. The first kappa shape index (κ1) is 19.8. The highest BCUT2D eigenvalue weighted by molar-refractivity contribution is 9.10. The zero-order chi connectivity index (χ0) is 17.6. The topological polar surface area (TPSA) is 58.6 Å². The molecule has 0 radical (unpaired) electrons. The lowest BCUT2D eigenvalue weighted by molar-refractivity contribution is 0.00297. The minimum Gasteiger partial charge on any atom is -0.379 e. The predicted octanol–water partition coefficient (Wildman–Crippen LogP) is 2.86. The van der Waals surface area contributed by atoms with Crippen molar-refractivity contribution in [1.29, 1.82) is 0 Å². The van der Waals surface area contributed by atoms with Crippen molar-refractivity contribution in [3.63, 3.8) is 0 Å². The summed E-state index contributed by atoms with van der Waals surface area (Å²) < 4.78 is 34.2. The van der Waals surface area contributed by atoms with E-state index >= 15 is 0 Å². The highest BCUT2D eigenvalue weighted by atomic mass is 79.9. The quantitative estimate of drug-likeness (QED) is 0.704. The Morgan fingerprint density at radius 2 is 1.92 bits per heavy atom. The predicted molar refractivity (Wildman–Crippen MR) is 99.6 cm³/mol. The molecule has 1 aromatic carbocycles. The van der Waals surface area contributed by atoms with E-state index in [1.54, 1.807) is 18.2 Å². The van der Waals surface area contributed by atoms with Gasteiger partial charge in [-0.15, -0.1) is 0 Å². The van der Waals surface area contributed by atoms with Crippen LogP contribution in [0.15, 0.2) is 33.6 Å². The van der Waals surface area contributed by atoms with Crippen LogP contribution in [0, 0.1) is 5.92 Å². The fourth-order valence-electron chi connectivity index (χ4n) is 3.25. The second-order valence-electron chi connectivity index (χ2n) is 6.10. The Labute approximate surface area is 153 Å². The minimum atomic E-state index is -3.50. The standard InChI is InChI=1S/C17H27BrN2O3S/c1-3-14(4-2)17(20-8-10-23-11-9-20)13-19-24(21,22)16-7-5-6-15(18)12-16/h5-7,12,14,17,19H,3-4,8-11,13H2,1-2H3. The van der Waals surface area contributed by atoms with Crippen LogP contribution in [0.2, 0.25) is 0 Å². The second kappa shape index (κ2) is 9.29. The summed E-state index contributed by atoms with van der Waals surface area (Å²) in [5.41, 5.74) is 0. The molecular formula is C17H27BrN2O3S. The van der Waals surface area contributed by atoms with Crippen LogP contribution in [0.3, 0.4) is 0 Å². The summed E-state index contributed by atoms with van der Waals surface area (Å²) in [6.07, 6.45) is 2.08. The van der Waals surface area contributed by atoms with E-state index in [9.17, 15) is 8.42 Å². The van der Waals surface area contributed by atoms with E-state index in [0.717, 1.165) is 43.6 Å². The van der Waals surface area contributed by atoms with Crippen LogP contribution in [0.5, 0.6) is 0 Å². The molecular weight excluding hydrogens is 392 g/mol. The lowest BCUT2D eigenvalue weighted by Gasteiger charge is -2.38. The minimum absolute atomic E-state index is 0.200. The molecule has 1 atom stereocenters. The van der Waals surface area contributed by atoms with Gasteiger partial charge in [0.25, 0.3) is 0 Å². The van der Waals surface area contributed by atoms with E-state index in [4.69, 9.17) is 4.74 Å². The van der Waals surface area contributed by atoms with Gasteiger partial charge in [0.15, 0.2) is 0 Å². The molecule has 2 rings (SSSR count). The van der Waals surface area contributed by atoms with Crippen molar-refractivity contribution in [2.45, 2.75) is 37.6 Å². The zero-order valence-corrected chi connectivity index (χ0v) is 16.8. The van der Waals surface area contributed by atoms with Crippen molar-refractivity contribution in [3.8, 4) is 0 Å². The monoisotopic (exact) mass is 418 g/mol. The average Bonchev–Trinajstić information content (AvgIpc) is 2.59. The number of morpholine rings is 1. The van der Waals surface area contributed by atoms with Crippen LogP contribution in [0.4, 0.5) is 0 Å². The summed E-state index contributed by atoms with van der Waals surface area (Å²) in [5.74, 6) is 0.466. The number of nitrogens with one attached hydrogen (secondary N) is 1. The van der Waals surface area contributed by atoms with Crippen LogP contribution in [0.25, 0.3) is 0 Å². The molecule has 1 aliphatic heterocycles. The Morgan fingerprint density at radius 1 is 1.25 bits per heavy atom. The molecule has 0 saturated carbocycles. The lowest BCUT2D eigenvalue weighted by Crippen LogP contribution is -2.52. The van der Waals surface area contributed by atoms with E-state index in [-0.39, 0.29) is 6.04 Å². The van der Waals surface area contributed by atoms with Crippen LogP contribution >= 0.6 is 15.9 Å². The van der Waals surface area contributed by atoms with Gasteiger partial charge in [-0.3, -0.25) is 4.90 Å². The molecule has 0 bridgehead atoms. The van der Waals surface area contributed by atoms with E-state index in [1.807, 2.05) is 6.07 Å². The smallest absolute Gasteiger partial charge is 0.240 e. The number of hydrogen-bond acceptors (Lipinski definition) is 4. The molecule has 1 unspecified atom stereocenters. The van der Waals surface area contributed by atoms with Gasteiger partial charge in [0.2, 0.25) is 10.0 Å². The van der Waals surface area contributed by atoms with Crippen molar-refractivity contribution in [1.82, 2.24) is 9.62 Å². The van der Waals surface area contributed by atoms with E-state index in [2.05, 4.69) is 39.4 Å². The summed E-state index contributed by atoms with van der Waals surface area (Å²) >= 11 is 3.33. The first-order chi connectivity index (χ1) is 11.5. The molecule has 1 aromatic rings. The molecule has 0 amide bonds. The molecule has 0 aromatic heterocycles. The molecule has 7 heteroatoms. The largest absolute Gasteiger partial charge is 0.379 e. The number of hydrogen-bond donors (Lipinski definition) is 1. The summed E-state index contributed by atoms with van der Waals surface area (Å²) in [6, 6.07) is 7.00. The van der Waals surface area contributed by atoms with Gasteiger partial charge in [0, 0.05) is 30.1 Å². The summed E-state index contributed by atoms with van der Waals surface area (Å²) in [6.45, 7) is 7.93. The van der Waals surface area contributed by atoms with Gasteiger partial charge in [0.1, 0.15) is 0 Å². The van der Waals surface area contributed by atoms with Crippen molar-refractivity contribution < 1.29 is 13.2 Å². The van der Waals surface area contributed by atoms with E-state index in [1.165, 1.54) is 0 Å². The molecule has 1 N–H and O–H groups in total. The maximum absolute atomic E-state index is 12.6. The third-order valence-corrected chi connectivity index (χ3v) is 6.61. The third-order valence-electron chi connectivity index (χ3n) is 4.70. The van der Waals surface area contributed by atoms with Crippen molar-refractivity contribution in [3.05, 3.63) is 28.7 Å². The number of benzene rings is 1. The fraction of sp³-hybridized carbons (Fsp3) is 0.647. The van der Waals surface area contributed by atoms with Crippen LogP contribution in [-0.2, 0) is 14.8 Å². The lowest BCUT2D eigenvalue weighted by atomic mass is 9.92. The maximum Gasteiger partial charge on any atom is 0.240 e. The van der Waals surface area contributed by atoms with Crippen molar-refractivity contribution >= 4 is 26.0 Å². The highest BCUT2D eigenvalue weighted by Gasteiger charge is 2.28. The van der Waals surface area contributed by atoms with Gasteiger partial charge in [-0.2, -0.15) is 0 Å². The molecule has 1 fully saturated rings.